The number of fused-ring (bicyclic) bond motifs is 6. The van der Waals surface area contributed by atoms with E-state index in [1.807, 2.05) is 121 Å². The molecule has 430 valence electrons. The van der Waals surface area contributed by atoms with Gasteiger partial charge in [0.25, 0.3) is 0 Å². The first-order chi connectivity index (χ1) is 42.1. The van der Waals surface area contributed by atoms with E-state index in [4.69, 9.17) is 59.2 Å². The minimum atomic E-state index is -0.405. The number of rotatable bonds is 6. The smallest absolute Gasteiger partial charge is 0.399 e. The predicted molar refractivity (Wildman–Crippen MR) is 357 cm³/mol. The average molecular weight is 1320 g/mol. The summed E-state index contributed by atoms with van der Waals surface area (Å²) in [5, 5.41) is 22.1. The number of pyridine rings is 3. The Labute approximate surface area is 527 Å². The summed E-state index contributed by atoms with van der Waals surface area (Å²) in [6.45, 7) is 8.26. The fourth-order valence-corrected chi connectivity index (χ4v) is 11.2. The minimum Gasteiger partial charge on any atom is -0.399 e. The quantitative estimate of drug-likeness (QED) is 0.0909. The van der Waals surface area contributed by atoms with Crippen LogP contribution in [0.2, 0.25) is 15.1 Å². The summed E-state index contributed by atoms with van der Waals surface area (Å²) in [4.78, 5) is 36.4. The first-order valence-electron chi connectivity index (χ1n) is 27.6. The van der Waals surface area contributed by atoms with Crippen LogP contribution in [0.4, 0.5) is 0 Å². The molecule has 15 aromatic rings. The van der Waals surface area contributed by atoms with Crippen molar-refractivity contribution in [1.29, 1.82) is 0 Å². The van der Waals surface area contributed by atoms with Crippen LogP contribution in [0.3, 0.4) is 0 Å². The Hall–Kier alpha value is -8.83. The Morgan fingerprint density at radius 2 is 0.908 bits per heavy atom. The van der Waals surface area contributed by atoms with E-state index in [2.05, 4.69) is 131 Å². The van der Waals surface area contributed by atoms with Gasteiger partial charge in [0.2, 0.25) is 0 Å². The molecule has 0 atom stereocenters. The number of halogens is 4. The second-order valence-electron chi connectivity index (χ2n) is 21.7. The van der Waals surface area contributed by atoms with Gasteiger partial charge in [0, 0.05) is 82.1 Å². The van der Waals surface area contributed by atoms with Crippen molar-refractivity contribution in [2.75, 3.05) is 0 Å². The van der Waals surface area contributed by atoms with Gasteiger partial charge in [-0.1, -0.05) is 95.5 Å². The SMILES string of the molecule is Clc1ccncc1-c1ccc2[nH]nc(-c3nc4ccccc4[nH]3)c2c1.Clc1ccncc1I.Cn1nc(-c2nc3ccccc3[nH]2)c2cc(-c3cnccc3Cl)ccc21.Cn1nc(-c2nc3ccccc3[nH]2)c2cc(B3OC(C)(C)C(C)(C)O3)ccc21. The molecular weight excluding hydrogens is 1270 g/mol. The van der Waals surface area contributed by atoms with E-state index < -0.39 is 7.12 Å². The van der Waals surface area contributed by atoms with Crippen molar-refractivity contribution >= 4 is 136 Å². The molecule has 0 spiro atoms. The number of hydrogen-bond acceptors (Lipinski definition) is 11. The fraction of sp³-hybridized carbons (Fsp3) is 0.123. The zero-order valence-corrected chi connectivity index (χ0v) is 52.1. The van der Waals surface area contributed by atoms with E-state index >= 15 is 0 Å². The summed E-state index contributed by atoms with van der Waals surface area (Å²) >= 11 is 20.4. The zero-order chi connectivity index (χ0) is 60.1. The van der Waals surface area contributed by atoms with Crippen LogP contribution in [-0.4, -0.2) is 92.9 Å². The number of benzene rings is 6. The van der Waals surface area contributed by atoms with Crippen LogP contribution < -0.4 is 5.46 Å². The average Bonchev–Trinajstić information content (AvgIpc) is 1.86. The highest BCUT2D eigenvalue weighted by Crippen LogP contribution is 2.39. The summed E-state index contributed by atoms with van der Waals surface area (Å²) in [6.07, 6.45) is 10.3. The molecule has 9 aromatic heterocycles. The molecule has 87 heavy (non-hydrogen) atoms. The number of H-pyrrole nitrogens is 4. The van der Waals surface area contributed by atoms with Crippen LogP contribution in [0.15, 0.2) is 183 Å². The van der Waals surface area contributed by atoms with E-state index in [0.717, 1.165) is 137 Å². The minimum absolute atomic E-state index is 0.372. The Balaban J connectivity index is 0.000000113. The first-order valence-corrected chi connectivity index (χ1v) is 29.8. The van der Waals surface area contributed by atoms with Crippen LogP contribution in [0.25, 0.3) is 123 Å². The molecule has 0 amide bonds. The van der Waals surface area contributed by atoms with Gasteiger partial charge in [0.05, 0.1) is 75.9 Å². The number of hydrogen-bond donors (Lipinski definition) is 4. The number of aryl methyl sites for hydroxylation is 2. The van der Waals surface area contributed by atoms with E-state index in [-0.39, 0.29) is 11.2 Å². The third-order valence-corrected chi connectivity index (χ3v) is 17.7. The summed E-state index contributed by atoms with van der Waals surface area (Å²) in [5.74, 6) is 2.26. The lowest BCUT2D eigenvalue weighted by Gasteiger charge is -2.32. The predicted octanol–water partition coefficient (Wildman–Crippen LogP) is 15.4. The van der Waals surface area contributed by atoms with Gasteiger partial charge in [-0.2, -0.15) is 15.3 Å². The first kappa shape index (κ1) is 57.3. The molecule has 0 aliphatic carbocycles. The zero-order valence-electron chi connectivity index (χ0n) is 47.6. The number of aromatic nitrogens is 15. The second-order valence-corrected chi connectivity index (χ2v) is 24.1. The molecule has 16 rings (SSSR count). The highest BCUT2D eigenvalue weighted by Gasteiger charge is 2.51. The van der Waals surface area contributed by atoms with Crippen molar-refractivity contribution in [2.24, 2.45) is 14.1 Å². The molecular formula is C65H52BCl3IN15O2. The largest absolute Gasteiger partial charge is 0.494 e. The van der Waals surface area contributed by atoms with Crippen molar-refractivity contribution in [3.8, 4) is 56.8 Å². The van der Waals surface area contributed by atoms with Gasteiger partial charge in [-0.25, -0.2) is 15.0 Å². The van der Waals surface area contributed by atoms with Crippen molar-refractivity contribution in [3.63, 3.8) is 0 Å². The van der Waals surface area contributed by atoms with Crippen molar-refractivity contribution in [2.45, 2.75) is 38.9 Å². The monoisotopic (exact) mass is 1320 g/mol. The molecule has 1 aliphatic rings. The van der Waals surface area contributed by atoms with Crippen molar-refractivity contribution in [3.05, 3.63) is 201 Å². The van der Waals surface area contributed by atoms with Gasteiger partial charge in [0.15, 0.2) is 17.5 Å². The summed E-state index contributed by atoms with van der Waals surface area (Å²) in [7, 11) is 3.48. The lowest BCUT2D eigenvalue weighted by Crippen LogP contribution is -2.41. The molecule has 1 saturated heterocycles. The van der Waals surface area contributed by atoms with Crippen molar-refractivity contribution < 1.29 is 9.31 Å². The number of imidazole rings is 3. The van der Waals surface area contributed by atoms with Gasteiger partial charge in [0.1, 0.15) is 17.1 Å². The molecule has 17 nitrogen and oxygen atoms in total. The van der Waals surface area contributed by atoms with Gasteiger partial charge in [-0.15, -0.1) is 0 Å². The van der Waals surface area contributed by atoms with E-state index in [0.29, 0.717) is 10.0 Å². The van der Waals surface area contributed by atoms with Gasteiger partial charge in [-0.05, 0) is 152 Å². The third kappa shape index (κ3) is 11.3. The van der Waals surface area contributed by atoms with Crippen LogP contribution in [0.5, 0.6) is 0 Å². The molecule has 0 radical (unpaired) electrons. The van der Waals surface area contributed by atoms with Gasteiger partial charge < -0.3 is 24.3 Å². The Morgan fingerprint density at radius 1 is 0.471 bits per heavy atom. The lowest BCUT2D eigenvalue weighted by atomic mass is 9.78. The normalized spacial score (nSPS) is 13.5. The lowest BCUT2D eigenvalue weighted by molar-refractivity contribution is 0.00578. The van der Waals surface area contributed by atoms with E-state index in [1.165, 1.54) is 0 Å². The van der Waals surface area contributed by atoms with Gasteiger partial charge >= 0.3 is 7.12 Å². The van der Waals surface area contributed by atoms with Gasteiger partial charge in [-0.3, -0.25) is 29.4 Å². The molecule has 0 unspecified atom stereocenters. The molecule has 10 heterocycles. The van der Waals surface area contributed by atoms with Crippen LogP contribution in [0.1, 0.15) is 27.7 Å². The van der Waals surface area contributed by atoms with Crippen LogP contribution in [-0.2, 0) is 23.4 Å². The number of para-hydroxylation sites is 6. The van der Waals surface area contributed by atoms with E-state index in [9.17, 15) is 0 Å². The standard InChI is InChI=1S/C21H23BN4O2.C20H14ClN5.C19H12ClN5.C5H3ClIN/c1-20(2)21(3,4)28-22(27-20)13-10-11-17-14(12-13)18(25-26(17)5)19-23-15-8-6-7-9-16(15)24-19;1-26-18-7-6-12(14-11-22-9-8-15(14)21)10-13(18)19(25-26)20-23-16-4-2-3-5-17(16)24-20;20-14-7-8-21-10-13(14)11-5-6-15-12(9-11)18(25-24-15)19-22-16-3-1-2-4-17(16)23-19;6-4-1-2-8-3-5(4)7/h6-12H,1-5H3,(H,23,24);2-11H,1H3,(H,23,24);1-10H,(H,22,23)(H,24,25);1-3H. The maximum absolute atomic E-state index is 6.35. The molecule has 1 aliphatic heterocycles. The molecule has 0 bridgehead atoms. The summed E-state index contributed by atoms with van der Waals surface area (Å²) in [6, 6.07) is 47.7. The summed E-state index contributed by atoms with van der Waals surface area (Å²) < 4.78 is 17.2. The maximum Gasteiger partial charge on any atom is 0.494 e. The van der Waals surface area contributed by atoms with E-state index in [1.54, 1.807) is 55.4 Å². The number of aromatic amines is 4. The number of nitrogens with one attached hydrogen (secondary N) is 4. The summed E-state index contributed by atoms with van der Waals surface area (Å²) in [5.41, 5.74) is 15.2. The van der Waals surface area contributed by atoms with Crippen LogP contribution >= 0.6 is 57.4 Å². The fourth-order valence-electron chi connectivity index (χ4n) is 10.3. The third-order valence-electron chi connectivity index (χ3n) is 15.5. The Kier molecular flexibility index (Phi) is 15.4. The Bertz CT molecular complexity index is 4910. The molecule has 1 fully saturated rings. The molecule has 4 N–H and O–H groups in total. The second kappa shape index (κ2) is 23.5. The number of nitrogens with zero attached hydrogens (tertiary/aromatic N) is 11. The highest BCUT2D eigenvalue weighted by atomic mass is 127. The Morgan fingerprint density at radius 3 is 1.38 bits per heavy atom. The molecule has 0 saturated carbocycles. The maximum atomic E-state index is 6.35. The topological polar surface area (TPSA) is 207 Å². The molecule has 22 heteroatoms. The van der Waals surface area contributed by atoms with Crippen LogP contribution in [0, 0.1) is 3.57 Å². The van der Waals surface area contributed by atoms with Crippen molar-refractivity contribution in [1.82, 2.24) is 74.6 Å². The highest BCUT2D eigenvalue weighted by molar-refractivity contribution is 14.1. The molecule has 6 aromatic carbocycles.